The molecule has 3 rings (SSSR count). The Kier molecular flexibility index (Phi) is 6.22. The molecule has 1 aliphatic rings. The second kappa shape index (κ2) is 8.31. The third-order valence-electron chi connectivity index (χ3n) is 4.80. The van der Waals surface area contributed by atoms with Gasteiger partial charge in [-0.3, -0.25) is 9.10 Å². The van der Waals surface area contributed by atoms with E-state index in [4.69, 9.17) is 23.2 Å². The van der Waals surface area contributed by atoms with Crippen LogP contribution in [0.2, 0.25) is 10.0 Å². The molecule has 1 atom stereocenters. The molecule has 0 aromatic heterocycles. The summed E-state index contributed by atoms with van der Waals surface area (Å²) in [5.74, 6) is -0.0110. The van der Waals surface area contributed by atoms with E-state index in [9.17, 15) is 13.2 Å². The summed E-state index contributed by atoms with van der Waals surface area (Å²) in [6, 6.07) is 12.7. The van der Waals surface area contributed by atoms with Gasteiger partial charge in [-0.15, -0.1) is 0 Å². The normalized spacial score (nSPS) is 16.1. The van der Waals surface area contributed by atoms with Crippen molar-refractivity contribution >= 4 is 50.5 Å². The number of anilines is 2. The van der Waals surface area contributed by atoms with Crippen molar-refractivity contribution < 1.29 is 13.2 Å². The lowest BCUT2D eigenvalue weighted by Crippen LogP contribution is -2.37. The molecule has 2 aromatic carbocycles. The second-order valence-corrected chi connectivity index (χ2v) is 9.73. The minimum absolute atomic E-state index is 0.0110. The highest BCUT2D eigenvalue weighted by Gasteiger charge is 2.30. The number of nitrogens with zero attached hydrogens (tertiary/aromatic N) is 2. The summed E-state index contributed by atoms with van der Waals surface area (Å²) in [6.07, 6.45) is 2.56. The predicted octanol–water partition coefficient (Wildman–Crippen LogP) is 4.52. The maximum Gasteiger partial charge on any atom is 0.232 e. The van der Waals surface area contributed by atoms with Gasteiger partial charge >= 0.3 is 0 Å². The summed E-state index contributed by atoms with van der Waals surface area (Å²) >= 11 is 12.2. The molecule has 1 aliphatic heterocycles. The first-order valence-electron chi connectivity index (χ1n) is 9.01. The van der Waals surface area contributed by atoms with Gasteiger partial charge in [0, 0.05) is 29.7 Å². The van der Waals surface area contributed by atoms with Gasteiger partial charge in [0.15, 0.2) is 0 Å². The molecule has 0 N–H and O–H groups in total. The van der Waals surface area contributed by atoms with E-state index < -0.39 is 10.0 Å². The van der Waals surface area contributed by atoms with Gasteiger partial charge in [-0.25, -0.2) is 8.42 Å². The minimum Gasteiger partial charge on any atom is -0.309 e. The lowest BCUT2D eigenvalue weighted by molar-refractivity contribution is -0.118. The zero-order chi connectivity index (χ0) is 20.5. The Morgan fingerprint density at radius 2 is 1.93 bits per heavy atom. The van der Waals surface area contributed by atoms with Gasteiger partial charge < -0.3 is 4.90 Å². The SMILES string of the molecule is C[C@@H]1Cc2ccccc2N1C(=O)CCCN(c1cc(Cl)ccc1Cl)S(C)(=O)=O. The molecule has 0 saturated carbocycles. The summed E-state index contributed by atoms with van der Waals surface area (Å²) < 4.78 is 25.7. The predicted molar refractivity (Wildman–Crippen MR) is 115 cm³/mol. The fourth-order valence-corrected chi connectivity index (χ4v) is 4.99. The molecule has 150 valence electrons. The molecule has 8 heteroatoms. The molecule has 0 spiro atoms. The van der Waals surface area contributed by atoms with Crippen molar-refractivity contribution in [3.63, 3.8) is 0 Å². The number of benzene rings is 2. The lowest BCUT2D eigenvalue weighted by Gasteiger charge is -2.25. The molecule has 0 saturated heterocycles. The van der Waals surface area contributed by atoms with Gasteiger partial charge in [-0.05, 0) is 49.6 Å². The molecular weight excluding hydrogens is 419 g/mol. The monoisotopic (exact) mass is 440 g/mol. The van der Waals surface area contributed by atoms with E-state index in [1.165, 1.54) is 10.4 Å². The van der Waals surface area contributed by atoms with Crippen molar-refractivity contribution in [1.29, 1.82) is 0 Å². The van der Waals surface area contributed by atoms with Crippen LogP contribution < -0.4 is 9.21 Å². The van der Waals surface area contributed by atoms with Crippen molar-refractivity contribution in [2.24, 2.45) is 0 Å². The van der Waals surface area contributed by atoms with Gasteiger partial charge in [0.2, 0.25) is 15.9 Å². The number of amides is 1. The topological polar surface area (TPSA) is 57.7 Å². The summed E-state index contributed by atoms with van der Waals surface area (Å²) in [5.41, 5.74) is 2.42. The lowest BCUT2D eigenvalue weighted by atomic mass is 10.1. The quantitative estimate of drug-likeness (QED) is 0.663. The zero-order valence-electron chi connectivity index (χ0n) is 15.7. The number of hydrogen-bond acceptors (Lipinski definition) is 3. The number of rotatable bonds is 6. The average Bonchev–Trinajstić information content (AvgIpc) is 2.95. The maximum atomic E-state index is 12.8. The third kappa shape index (κ3) is 4.45. The van der Waals surface area contributed by atoms with Crippen LogP contribution >= 0.6 is 23.2 Å². The Hall–Kier alpha value is -1.76. The molecule has 28 heavy (non-hydrogen) atoms. The van der Waals surface area contributed by atoms with E-state index in [-0.39, 0.29) is 24.9 Å². The summed E-state index contributed by atoms with van der Waals surface area (Å²) in [5, 5.41) is 0.690. The van der Waals surface area contributed by atoms with E-state index in [2.05, 4.69) is 0 Å². The van der Waals surface area contributed by atoms with Crippen LogP contribution in [0.5, 0.6) is 0 Å². The number of sulfonamides is 1. The second-order valence-electron chi connectivity index (χ2n) is 6.98. The fraction of sp³-hybridized carbons (Fsp3) is 0.350. The number of para-hydroxylation sites is 1. The third-order valence-corrected chi connectivity index (χ3v) is 6.54. The van der Waals surface area contributed by atoms with Gasteiger partial charge in [0.05, 0.1) is 17.0 Å². The van der Waals surface area contributed by atoms with E-state index in [0.717, 1.165) is 23.9 Å². The molecule has 1 amide bonds. The summed E-state index contributed by atoms with van der Waals surface area (Å²) in [7, 11) is -3.57. The first-order chi connectivity index (χ1) is 13.2. The Labute approximate surface area is 175 Å². The van der Waals surface area contributed by atoms with Crippen molar-refractivity contribution in [2.45, 2.75) is 32.2 Å². The van der Waals surface area contributed by atoms with Crippen LogP contribution in [-0.4, -0.2) is 33.2 Å². The van der Waals surface area contributed by atoms with Crippen LogP contribution in [0.15, 0.2) is 42.5 Å². The number of hydrogen-bond donors (Lipinski definition) is 0. The van der Waals surface area contributed by atoms with E-state index in [0.29, 0.717) is 22.2 Å². The first-order valence-corrected chi connectivity index (χ1v) is 11.6. The van der Waals surface area contributed by atoms with Gasteiger partial charge in [0.25, 0.3) is 0 Å². The Balaban J connectivity index is 1.72. The van der Waals surface area contributed by atoms with Gasteiger partial charge in [0.1, 0.15) is 0 Å². The molecule has 0 aliphatic carbocycles. The van der Waals surface area contributed by atoms with Crippen LogP contribution in [0.1, 0.15) is 25.3 Å². The highest BCUT2D eigenvalue weighted by molar-refractivity contribution is 7.92. The molecule has 0 bridgehead atoms. The van der Waals surface area contributed by atoms with Crippen LogP contribution in [0.4, 0.5) is 11.4 Å². The van der Waals surface area contributed by atoms with Gasteiger partial charge in [-0.1, -0.05) is 41.4 Å². The minimum atomic E-state index is -3.57. The van der Waals surface area contributed by atoms with Crippen molar-refractivity contribution in [3.05, 3.63) is 58.1 Å². The maximum absolute atomic E-state index is 12.8. The molecule has 0 fully saturated rings. The number of carbonyl (C=O) groups excluding carboxylic acids is 1. The summed E-state index contributed by atoms with van der Waals surface area (Å²) in [4.78, 5) is 14.6. The van der Waals surface area contributed by atoms with Gasteiger partial charge in [-0.2, -0.15) is 0 Å². The Bertz CT molecular complexity index is 995. The Morgan fingerprint density at radius 3 is 2.64 bits per heavy atom. The number of carbonyl (C=O) groups is 1. The first kappa shape index (κ1) is 21.0. The molecule has 5 nitrogen and oxygen atoms in total. The van der Waals surface area contributed by atoms with E-state index >= 15 is 0 Å². The highest BCUT2D eigenvalue weighted by Crippen LogP contribution is 2.33. The molecule has 0 radical (unpaired) electrons. The largest absolute Gasteiger partial charge is 0.309 e. The standard InChI is InChI=1S/C20H22Cl2N2O3S/c1-14-12-15-6-3-4-7-18(15)24(14)20(25)8-5-11-23(28(2,26)27)19-13-16(21)9-10-17(19)22/h3-4,6-7,9-10,13-14H,5,8,11-12H2,1-2H3/t14-/m1/s1. The van der Waals surface area contributed by atoms with E-state index in [1.54, 1.807) is 12.1 Å². The highest BCUT2D eigenvalue weighted by atomic mass is 35.5. The number of fused-ring (bicyclic) bond motifs is 1. The van der Waals surface area contributed by atoms with Crippen molar-refractivity contribution in [1.82, 2.24) is 0 Å². The fourth-order valence-electron chi connectivity index (χ4n) is 3.58. The van der Waals surface area contributed by atoms with Crippen LogP contribution in [-0.2, 0) is 21.2 Å². The molecular formula is C20H22Cl2N2O3S. The van der Waals surface area contributed by atoms with Crippen molar-refractivity contribution in [2.75, 3.05) is 22.0 Å². The average molecular weight is 441 g/mol. The number of halogens is 2. The smallest absolute Gasteiger partial charge is 0.232 e. The van der Waals surface area contributed by atoms with E-state index in [1.807, 2.05) is 36.1 Å². The molecule has 1 heterocycles. The van der Waals surface area contributed by atoms with Crippen LogP contribution in [0.25, 0.3) is 0 Å². The molecule has 2 aromatic rings. The zero-order valence-corrected chi connectivity index (χ0v) is 18.1. The summed E-state index contributed by atoms with van der Waals surface area (Å²) in [6.45, 7) is 2.17. The van der Waals surface area contributed by atoms with Crippen molar-refractivity contribution in [3.8, 4) is 0 Å². The molecule has 0 unspecified atom stereocenters. The van der Waals surface area contributed by atoms with Crippen LogP contribution in [0.3, 0.4) is 0 Å². The Morgan fingerprint density at radius 1 is 1.21 bits per heavy atom. The van der Waals surface area contributed by atoms with Crippen LogP contribution in [0, 0.1) is 0 Å².